The number of hydrogen-bond donors (Lipinski definition) is 0. The lowest BCUT2D eigenvalue weighted by Crippen LogP contribution is -1.80. The van der Waals surface area contributed by atoms with E-state index in [0.29, 0.717) is 11.8 Å². The van der Waals surface area contributed by atoms with Crippen molar-refractivity contribution in [1.29, 1.82) is 0 Å². The molecule has 5 rings (SSSR count). The Morgan fingerprint density at radius 2 is 1.10 bits per heavy atom. The molecule has 5 aromatic rings. The molecule has 0 fully saturated rings. The first-order valence-corrected chi connectivity index (χ1v) is 9.42. The molecule has 0 unspecified atom stereocenters. The topological polar surface area (TPSA) is 52.1 Å². The maximum atomic E-state index is 5.99. The van der Waals surface area contributed by atoms with Crippen LogP contribution in [0.3, 0.4) is 0 Å². The van der Waals surface area contributed by atoms with Gasteiger partial charge >= 0.3 is 0 Å². The molecule has 0 radical (unpaired) electrons. The maximum Gasteiger partial charge on any atom is 0.226 e. The second-order valence-corrected chi connectivity index (χ2v) is 6.82. The molecular weight excluding hydrogens is 360 g/mol. The van der Waals surface area contributed by atoms with Gasteiger partial charge in [0.1, 0.15) is 0 Å². The molecule has 0 saturated heterocycles. The molecule has 0 bridgehead atoms. The predicted octanol–water partition coefficient (Wildman–Crippen LogP) is 6.64. The summed E-state index contributed by atoms with van der Waals surface area (Å²) in [6.45, 7) is 2.06. The predicted molar refractivity (Wildman–Crippen MR) is 113 cm³/mol. The van der Waals surface area contributed by atoms with Crippen molar-refractivity contribution < 1.29 is 8.83 Å². The number of hydrogen-bond acceptors (Lipinski definition) is 4. The Bertz CT molecular complexity index is 1250. The van der Waals surface area contributed by atoms with E-state index in [0.717, 1.165) is 39.3 Å². The summed E-state index contributed by atoms with van der Waals surface area (Å²) in [5, 5.41) is 0. The summed E-state index contributed by atoms with van der Waals surface area (Å²) in [6, 6.07) is 25.9. The molecular formula is C25H18N2O2. The normalized spacial score (nSPS) is 10.9. The van der Waals surface area contributed by atoms with Gasteiger partial charge in [-0.15, -0.1) is 0 Å². The summed E-state index contributed by atoms with van der Waals surface area (Å²) in [5.74, 6) is 2.69. The summed E-state index contributed by atoms with van der Waals surface area (Å²) >= 11 is 0. The van der Waals surface area contributed by atoms with Gasteiger partial charge in [-0.05, 0) is 36.8 Å². The zero-order valence-corrected chi connectivity index (χ0v) is 15.9. The molecule has 4 nitrogen and oxygen atoms in total. The summed E-state index contributed by atoms with van der Waals surface area (Å²) in [4.78, 5) is 8.86. The van der Waals surface area contributed by atoms with Crippen LogP contribution in [0.5, 0.6) is 0 Å². The SMILES string of the molecule is Cc1ccccc1-c1cnc(-c2ccc(-c3ncc(-c4ccccc4)o3)cc2)o1. The Kier molecular flexibility index (Phi) is 4.30. The fraction of sp³-hybridized carbons (Fsp3) is 0.0400. The van der Waals surface area contributed by atoms with Crippen molar-refractivity contribution in [3.8, 4) is 45.6 Å². The average Bonchev–Trinajstić information content (AvgIpc) is 3.45. The van der Waals surface area contributed by atoms with Crippen molar-refractivity contribution in [1.82, 2.24) is 9.97 Å². The fourth-order valence-corrected chi connectivity index (χ4v) is 3.28. The Labute approximate surface area is 168 Å². The van der Waals surface area contributed by atoms with Crippen LogP contribution in [0.25, 0.3) is 45.6 Å². The van der Waals surface area contributed by atoms with Gasteiger partial charge in [0.2, 0.25) is 11.8 Å². The third-order valence-corrected chi connectivity index (χ3v) is 4.86. The second kappa shape index (κ2) is 7.24. The van der Waals surface area contributed by atoms with Crippen LogP contribution in [0.15, 0.2) is 100 Å². The summed E-state index contributed by atoms with van der Waals surface area (Å²) in [5.41, 5.74) is 5.02. The molecule has 0 saturated carbocycles. The monoisotopic (exact) mass is 378 g/mol. The first kappa shape index (κ1) is 17.2. The molecule has 140 valence electrons. The van der Waals surface area contributed by atoms with Gasteiger partial charge in [-0.1, -0.05) is 54.6 Å². The molecule has 0 N–H and O–H groups in total. The second-order valence-electron chi connectivity index (χ2n) is 6.82. The summed E-state index contributed by atoms with van der Waals surface area (Å²) in [7, 11) is 0. The lowest BCUT2D eigenvalue weighted by Gasteiger charge is -2.01. The molecule has 0 aliphatic heterocycles. The van der Waals surface area contributed by atoms with Gasteiger partial charge in [-0.3, -0.25) is 0 Å². The van der Waals surface area contributed by atoms with Crippen LogP contribution in [-0.2, 0) is 0 Å². The van der Waals surface area contributed by atoms with E-state index in [4.69, 9.17) is 8.83 Å². The van der Waals surface area contributed by atoms with Gasteiger partial charge in [0.05, 0.1) is 12.4 Å². The first-order valence-electron chi connectivity index (χ1n) is 9.42. The van der Waals surface area contributed by atoms with Crippen LogP contribution in [0.1, 0.15) is 5.56 Å². The van der Waals surface area contributed by atoms with E-state index in [1.165, 1.54) is 0 Å². The number of oxazole rings is 2. The molecule has 2 aromatic heterocycles. The third kappa shape index (κ3) is 3.36. The van der Waals surface area contributed by atoms with E-state index in [1.54, 1.807) is 12.4 Å². The minimum absolute atomic E-state index is 0.586. The van der Waals surface area contributed by atoms with Crippen molar-refractivity contribution >= 4 is 0 Å². The first-order chi connectivity index (χ1) is 14.3. The van der Waals surface area contributed by atoms with E-state index in [-0.39, 0.29) is 0 Å². The highest BCUT2D eigenvalue weighted by Gasteiger charge is 2.12. The van der Waals surface area contributed by atoms with Gasteiger partial charge in [0.25, 0.3) is 0 Å². The van der Waals surface area contributed by atoms with Crippen LogP contribution >= 0.6 is 0 Å². The maximum absolute atomic E-state index is 5.99. The van der Waals surface area contributed by atoms with Gasteiger partial charge < -0.3 is 8.83 Å². The molecule has 2 heterocycles. The Morgan fingerprint density at radius 3 is 1.76 bits per heavy atom. The zero-order chi connectivity index (χ0) is 19.6. The van der Waals surface area contributed by atoms with Crippen LogP contribution in [0.2, 0.25) is 0 Å². The molecule has 29 heavy (non-hydrogen) atoms. The van der Waals surface area contributed by atoms with Crippen LogP contribution in [0, 0.1) is 6.92 Å². The van der Waals surface area contributed by atoms with Crippen molar-refractivity contribution in [3.63, 3.8) is 0 Å². The van der Waals surface area contributed by atoms with Crippen molar-refractivity contribution in [2.45, 2.75) is 6.92 Å². The lowest BCUT2D eigenvalue weighted by molar-refractivity contribution is 0.586. The van der Waals surface area contributed by atoms with E-state index < -0.39 is 0 Å². The van der Waals surface area contributed by atoms with Gasteiger partial charge in [0.15, 0.2) is 11.5 Å². The van der Waals surface area contributed by atoms with Crippen molar-refractivity contribution in [3.05, 3.63) is 96.8 Å². The van der Waals surface area contributed by atoms with Gasteiger partial charge in [0, 0.05) is 22.3 Å². The fourth-order valence-electron chi connectivity index (χ4n) is 3.28. The number of benzene rings is 3. The Hall–Kier alpha value is -3.92. The van der Waals surface area contributed by atoms with Crippen molar-refractivity contribution in [2.24, 2.45) is 0 Å². The summed E-state index contributed by atoms with van der Waals surface area (Å²) < 4.78 is 11.9. The van der Waals surface area contributed by atoms with Crippen molar-refractivity contribution in [2.75, 3.05) is 0 Å². The van der Waals surface area contributed by atoms with Gasteiger partial charge in [-0.25, -0.2) is 9.97 Å². The molecule has 0 aliphatic carbocycles. The standard InChI is InChI=1S/C25H18N2O2/c1-17-7-5-6-10-21(17)23-16-27-25(29-23)20-13-11-19(12-14-20)24-26-15-22(28-24)18-8-3-2-4-9-18/h2-16H,1H3. The lowest BCUT2D eigenvalue weighted by atomic mass is 10.1. The number of rotatable bonds is 4. The average molecular weight is 378 g/mol. The Balaban J connectivity index is 1.40. The molecule has 0 aliphatic rings. The third-order valence-electron chi connectivity index (χ3n) is 4.86. The van der Waals surface area contributed by atoms with E-state index in [9.17, 15) is 0 Å². The Morgan fingerprint density at radius 1 is 0.552 bits per heavy atom. The highest BCUT2D eigenvalue weighted by atomic mass is 16.4. The molecule has 4 heteroatoms. The zero-order valence-electron chi connectivity index (χ0n) is 15.9. The van der Waals surface area contributed by atoms with Crippen LogP contribution in [0.4, 0.5) is 0 Å². The quantitative estimate of drug-likeness (QED) is 0.352. The minimum Gasteiger partial charge on any atom is -0.436 e. The van der Waals surface area contributed by atoms with E-state index >= 15 is 0 Å². The molecule has 0 atom stereocenters. The smallest absolute Gasteiger partial charge is 0.226 e. The van der Waals surface area contributed by atoms with Crippen LogP contribution in [-0.4, -0.2) is 9.97 Å². The van der Waals surface area contributed by atoms with Crippen LogP contribution < -0.4 is 0 Å². The highest BCUT2D eigenvalue weighted by molar-refractivity contribution is 5.66. The number of aryl methyl sites for hydroxylation is 1. The van der Waals surface area contributed by atoms with Gasteiger partial charge in [-0.2, -0.15) is 0 Å². The van der Waals surface area contributed by atoms with E-state index in [2.05, 4.69) is 23.0 Å². The van der Waals surface area contributed by atoms with E-state index in [1.807, 2.05) is 72.8 Å². The molecule has 3 aromatic carbocycles. The molecule has 0 spiro atoms. The summed E-state index contributed by atoms with van der Waals surface area (Å²) in [6.07, 6.45) is 3.52. The highest BCUT2D eigenvalue weighted by Crippen LogP contribution is 2.30. The largest absolute Gasteiger partial charge is 0.436 e. The number of aromatic nitrogens is 2. The molecule has 0 amide bonds. The minimum atomic E-state index is 0.586. The number of nitrogens with zero attached hydrogens (tertiary/aromatic N) is 2.